The van der Waals surface area contributed by atoms with Crippen LogP contribution >= 0.6 is 0 Å². The van der Waals surface area contributed by atoms with E-state index in [1.165, 1.54) is 37.7 Å². The maximum Gasteiger partial charge on any atom is 0.326 e. The number of ether oxygens (including phenoxy) is 1. The Bertz CT molecular complexity index is 961. The largest absolute Gasteiger partial charge is 0.492 e. The smallest absolute Gasteiger partial charge is 0.326 e. The number of likely N-dealkylation sites (tertiary alicyclic amines) is 1. The lowest BCUT2D eigenvalue weighted by molar-refractivity contribution is -0.141. The number of benzene rings is 1. The van der Waals surface area contributed by atoms with Gasteiger partial charge in [0.2, 0.25) is 0 Å². The average Bonchev–Trinajstić information content (AvgIpc) is 3.33. The average molecular weight is 438 g/mol. The summed E-state index contributed by atoms with van der Waals surface area (Å²) in [5, 5.41) is 9.55. The number of carboxylic acids is 1. The molecule has 0 aromatic heterocycles. The van der Waals surface area contributed by atoms with Gasteiger partial charge in [0.15, 0.2) is 0 Å². The summed E-state index contributed by atoms with van der Waals surface area (Å²) < 4.78 is 6.68. The zero-order valence-corrected chi connectivity index (χ0v) is 19.4. The number of amides is 1. The summed E-state index contributed by atoms with van der Waals surface area (Å²) in [5.41, 5.74) is 4.22. The van der Waals surface area contributed by atoms with Crippen molar-refractivity contribution >= 4 is 11.9 Å². The van der Waals surface area contributed by atoms with Gasteiger partial charge >= 0.3 is 5.97 Å². The Morgan fingerprint density at radius 2 is 1.81 bits per heavy atom. The molecule has 1 saturated heterocycles. The lowest BCUT2D eigenvalue weighted by Crippen LogP contribution is -2.40. The van der Waals surface area contributed by atoms with Gasteiger partial charge in [0.05, 0.1) is 6.61 Å². The van der Waals surface area contributed by atoms with Crippen molar-refractivity contribution in [2.45, 2.75) is 83.6 Å². The van der Waals surface area contributed by atoms with Crippen molar-refractivity contribution < 1.29 is 19.4 Å². The first kappa shape index (κ1) is 20.6. The normalized spacial score (nSPS) is 35.0. The van der Waals surface area contributed by atoms with Crippen molar-refractivity contribution in [2.24, 2.45) is 23.2 Å². The van der Waals surface area contributed by atoms with Gasteiger partial charge in [-0.1, -0.05) is 0 Å². The third-order valence-electron chi connectivity index (χ3n) is 9.49. The van der Waals surface area contributed by atoms with E-state index in [9.17, 15) is 14.7 Å². The molecule has 2 unspecified atom stereocenters. The molecule has 3 atom stereocenters. The second-order valence-electron chi connectivity index (χ2n) is 11.6. The molecule has 5 nitrogen and oxygen atoms in total. The van der Waals surface area contributed by atoms with Gasteiger partial charge in [0.1, 0.15) is 11.8 Å². The quantitative estimate of drug-likeness (QED) is 0.674. The third kappa shape index (κ3) is 3.18. The van der Waals surface area contributed by atoms with Crippen LogP contribution in [0.5, 0.6) is 5.75 Å². The SMILES string of the molecule is Cc1c(C(=O)N2CCC[C@H]2C(=O)O)cc(C2CC2)c(OCC23CC4CC(C2)C(C4)C3)c1C. The molecule has 0 radical (unpaired) electrons. The van der Waals surface area contributed by atoms with Crippen LogP contribution in [0.15, 0.2) is 6.07 Å². The molecular weight excluding hydrogens is 402 g/mol. The molecule has 32 heavy (non-hydrogen) atoms. The Balaban J connectivity index is 1.28. The van der Waals surface area contributed by atoms with Crippen LogP contribution in [0.2, 0.25) is 0 Å². The summed E-state index contributed by atoms with van der Waals surface area (Å²) in [4.78, 5) is 26.6. The zero-order chi connectivity index (χ0) is 22.2. The number of rotatable bonds is 6. The molecule has 0 spiro atoms. The van der Waals surface area contributed by atoms with Crippen LogP contribution in [0.4, 0.5) is 0 Å². The van der Waals surface area contributed by atoms with E-state index in [1.807, 2.05) is 13.0 Å². The second-order valence-corrected chi connectivity index (χ2v) is 11.6. The van der Waals surface area contributed by atoms with Crippen molar-refractivity contribution in [3.8, 4) is 5.75 Å². The number of hydrogen-bond donors (Lipinski definition) is 1. The van der Waals surface area contributed by atoms with Crippen LogP contribution in [-0.4, -0.2) is 41.1 Å². The lowest BCUT2D eigenvalue weighted by Gasteiger charge is -2.38. The first-order chi connectivity index (χ1) is 15.3. The minimum atomic E-state index is -0.896. The van der Waals surface area contributed by atoms with Gasteiger partial charge in [0, 0.05) is 17.5 Å². The molecule has 5 aliphatic carbocycles. The number of aliphatic carboxylic acids is 1. The number of nitrogens with zero attached hydrogens (tertiary/aromatic N) is 1. The highest BCUT2D eigenvalue weighted by Gasteiger charge is 2.56. The summed E-state index contributed by atoms with van der Waals surface area (Å²) in [5.74, 6) is 3.25. The highest BCUT2D eigenvalue weighted by molar-refractivity contribution is 5.99. The summed E-state index contributed by atoms with van der Waals surface area (Å²) in [7, 11) is 0. The highest BCUT2D eigenvalue weighted by Crippen LogP contribution is 2.64. The first-order valence-electron chi connectivity index (χ1n) is 12.7. The molecule has 5 heteroatoms. The Morgan fingerprint density at radius 3 is 2.44 bits per heavy atom. The summed E-state index contributed by atoms with van der Waals surface area (Å²) >= 11 is 0. The van der Waals surface area contributed by atoms with Crippen molar-refractivity contribution in [1.82, 2.24) is 4.90 Å². The minimum Gasteiger partial charge on any atom is -0.492 e. The van der Waals surface area contributed by atoms with Crippen LogP contribution in [-0.2, 0) is 4.79 Å². The van der Waals surface area contributed by atoms with Gasteiger partial charge in [-0.3, -0.25) is 4.79 Å². The van der Waals surface area contributed by atoms with Crippen molar-refractivity contribution in [3.05, 3.63) is 28.3 Å². The van der Waals surface area contributed by atoms with E-state index >= 15 is 0 Å². The Kier molecular flexibility index (Phi) is 4.64. The number of carboxylic acid groups (broad SMARTS) is 1. The van der Waals surface area contributed by atoms with E-state index in [4.69, 9.17) is 4.74 Å². The third-order valence-corrected chi connectivity index (χ3v) is 9.49. The van der Waals surface area contributed by atoms with Crippen LogP contribution < -0.4 is 4.74 Å². The molecule has 172 valence electrons. The van der Waals surface area contributed by atoms with E-state index in [0.29, 0.717) is 29.9 Å². The van der Waals surface area contributed by atoms with Gasteiger partial charge < -0.3 is 14.7 Å². The molecule has 1 amide bonds. The number of carbonyl (C=O) groups is 2. The van der Waals surface area contributed by atoms with Crippen LogP contribution in [0.25, 0.3) is 0 Å². The van der Waals surface area contributed by atoms with Crippen LogP contribution in [0.1, 0.15) is 90.8 Å². The van der Waals surface area contributed by atoms with E-state index < -0.39 is 12.0 Å². The molecule has 7 rings (SSSR count). The van der Waals surface area contributed by atoms with Crippen LogP contribution in [0, 0.1) is 37.0 Å². The van der Waals surface area contributed by atoms with Crippen molar-refractivity contribution in [1.29, 1.82) is 0 Å². The summed E-state index contributed by atoms with van der Waals surface area (Å²) in [6.07, 6.45) is 10.5. The van der Waals surface area contributed by atoms with E-state index in [-0.39, 0.29) is 5.91 Å². The van der Waals surface area contributed by atoms with Gasteiger partial charge in [-0.2, -0.15) is 0 Å². The molecule has 6 fully saturated rings. The molecule has 1 aromatic carbocycles. The molecular formula is C27H35NO4. The highest BCUT2D eigenvalue weighted by atomic mass is 16.5. The van der Waals surface area contributed by atoms with Crippen molar-refractivity contribution in [3.63, 3.8) is 0 Å². The molecule has 5 saturated carbocycles. The van der Waals surface area contributed by atoms with Gasteiger partial charge in [-0.05, 0) is 118 Å². The number of hydrogen-bond acceptors (Lipinski definition) is 3. The Morgan fingerprint density at radius 1 is 1.09 bits per heavy atom. The fourth-order valence-electron chi connectivity index (χ4n) is 7.83. The molecule has 6 aliphatic rings. The standard InChI is InChI=1S/C27H35NO4/c1-15-16(2)24(32-14-27-11-17-8-19(12-27)20(9-17)13-27)22(18-5-6-18)10-21(15)25(29)28-7-3-4-23(28)26(30)31/h10,17-20,23H,3-9,11-14H2,1-2H3,(H,30,31)/t17?,19?,20?,23-,27?/m0/s1. The lowest BCUT2D eigenvalue weighted by atomic mass is 9.70. The van der Waals surface area contributed by atoms with E-state index in [0.717, 1.165) is 60.5 Å². The molecule has 1 heterocycles. The minimum absolute atomic E-state index is 0.131. The monoisotopic (exact) mass is 437 g/mol. The van der Waals surface area contributed by atoms with Gasteiger partial charge in [0.25, 0.3) is 5.91 Å². The van der Waals surface area contributed by atoms with Gasteiger partial charge in [-0.25, -0.2) is 4.79 Å². The Hall–Kier alpha value is -2.04. The Labute approximate surface area is 190 Å². The summed E-state index contributed by atoms with van der Waals surface area (Å²) in [6.45, 7) is 5.42. The predicted molar refractivity (Wildman–Crippen MR) is 121 cm³/mol. The molecule has 4 bridgehead atoms. The van der Waals surface area contributed by atoms with Crippen molar-refractivity contribution in [2.75, 3.05) is 13.2 Å². The second kappa shape index (κ2) is 7.23. The fourth-order valence-corrected chi connectivity index (χ4v) is 7.83. The topological polar surface area (TPSA) is 66.8 Å². The van der Waals surface area contributed by atoms with Gasteiger partial charge in [-0.15, -0.1) is 0 Å². The van der Waals surface area contributed by atoms with Crippen LogP contribution in [0.3, 0.4) is 0 Å². The fraction of sp³-hybridized carbons (Fsp3) is 0.704. The number of carbonyl (C=O) groups excluding carboxylic acids is 1. The molecule has 1 aromatic rings. The maximum atomic E-state index is 13.4. The van der Waals surface area contributed by atoms with E-state index in [2.05, 4.69) is 6.92 Å². The molecule has 1 N–H and O–H groups in total. The predicted octanol–water partition coefficient (Wildman–Crippen LogP) is 5.08. The maximum absolute atomic E-state index is 13.4. The zero-order valence-electron chi connectivity index (χ0n) is 19.4. The first-order valence-corrected chi connectivity index (χ1v) is 12.7. The summed E-state index contributed by atoms with van der Waals surface area (Å²) in [6, 6.07) is 1.34. The van der Waals surface area contributed by atoms with E-state index in [1.54, 1.807) is 4.90 Å². The molecule has 1 aliphatic heterocycles.